The van der Waals surface area contributed by atoms with E-state index in [2.05, 4.69) is 55.9 Å². The van der Waals surface area contributed by atoms with Crippen molar-refractivity contribution in [3.05, 3.63) is 92.3 Å². The van der Waals surface area contributed by atoms with Crippen LogP contribution in [0.2, 0.25) is 0 Å². The molecule has 0 amide bonds. The molecule has 1 spiro atoms. The maximum atomic E-state index is 13.1. The number of aromatic nitrogens is 5. The van der Waals surface area contributed by atoms with Gasteiger partial charge in [0.1, 0.15) is 5.39 Å². The first-order valence-corrected chi connectivity index (χ1v) is 11.8. The van der Waals surface area contributed by atoms with Crippen LogP contribution < -0.4 is 21.8 Å². The number of aromatic amines is 2. The molecule has 35 heavy (non-hydrogen) atoms. The van der Waals surface area contributed by atoms with Gasteiger partial charge in [0.15, 0.2) is 5.65 Å². The van der Waals surface area contributed by atoms with E-state index in [-0.39, 0.29) is 22.6 Å². The highest BCUT2D eigenvalue weighted by Crippen LogP contribution is 2.50. The van der Waals surface area contributed by atoms with Crippen LogP contribution in [0.15, 0.2) is 58.8 Å². The third kappa shape index (κ3) is 3.26. The molecular formula is C26H27N7O2. The number of nitrogens with two attached hydrogens (primary N) is 1. The van der Waals surface area contributed by atoms with E-state index >= 15 is 0 Å². The van der Waals surface area contributed by atoms with E-state index < -0.39 is 0 Å². The molecule has 0 bridgehead atoms. The number of pyridine rings is 1. The number of hydrogen-bond acceptors (Lipinski definition) is 6. The van der Waals surface area contributed by atoms with Crippen molar-refractivity contribution in [3.63, 3.8) is 0 Å². The van der Waals surface area contributed by atoms with E-state index in [4.69, 9.17) is 5.73 Å². The van der Waals surface area contributed by atoms with Gasteiger partial charge >= 0.3 is 0 Å². The van der Waals surface area contributed by atoms with Crippen LogP contribution in [-0.2, 0) is 13.5 Å². The predicted octanol–water partition coefficient (Wildman–Crippen LogP) is 2.25. The fourth-order valence-electron chi connectivity index (χ4n) is 5.72. The van der Waals surface area contributed by atoms with Crippen LogP contribution in [0.4, 0.5) is 5.95 Å². The number of fused-ring (bicyclic) bond motifs is 2. The Morgan fingerprint density at radius 1 is 1.17 bits per heavy atom. The summed E-state index contributed by atoms with van der Waals surface area (Å²) in [6.07, 6.45) is 4.50. The van der Waals surface area contributed by atoms with Crippen LogP contribution in [0.5, 0.6) is 0 Å². The number of nitrogens with zero attached hydrogens (tertiary/aromatic N) is 4. The van der Waals surface area contributed by atoms with Crippen molar-refractivity contribution in [1.29, 1.82) is 0 Å². The number of anilines is 1. The SMILES string of the molecule is C=C(c1cccn(C)c1=O)c1[nH]nc2nc(N3CCC4(CC3)Cc3ccccc3[C@H]4N)[nH]c(=O)c12. The zero-order chi connectivity index (χ0) is 24.3. The van der Waals surface area contributed by atoms with Crippen molar-refractivity contribution >= 4 is 22.6 Å². The number of aryl methyl sites for hydroxylation is 1. The van der Waals surface area contributed by atoms with Gasteiger partial charge in [-0.05, 0) is 47.9 Å². The van der Waals surface area contributed by atoms with Crippen LogP contribution in [0.1, 0.15) is 41.3 Å². The van der Waals surface area contributed by atoms with Gasteiger partial charge in [0.25, 0.3) is 11.1 Å². The quantitative estimate of drug-likeness (QED) is 0.423. The zero-order valence-electron chi connectivity index (χ0n) is 19.5. The predicted molar refractivity (Wildman–Crippen MR) is 135 cm³/mol. The summed E-state index contributed by atoms with van der Waals surface area (Å²) in [5.74, 6) is 0.501. The van der Waals surface area contributed by atoms with Gasteiger partial charge < -0.3 is 15.2 Å². The van der Waals surface area contributed by atoms with E-state index in [1.807, 2.05) is 0 Å². The van der Waals surface area contributed by atoms with Crippen molar-refractivity contribution in [2.45, 2.75) is 25.3 Å². The Balaban J connectivity index is 1.27. The standard InChI is InChI=1S/C26H27N7O2/c1-15(17-8-5-11-32(2)24(17)35)20-19-22(31-30-20)28-25(29-23(19)34)33-12-9-26(10-13-33)14-16-6-3-4-7-18(16)21(26)27/h3-8,11,21H,1,9-10,12-14,27H2,2H3,(H2,28,29,30,31,34)/t21-/m1/s1. The van der Waals surface area contributed by atoms with E-state index in [1.54, 1.807) is 25.4 Å². The largest absolute Gasteiger partial charge is 0.342 e. The molecule has 0 unspecified atom stereocenters. The molecule has 1 fully saturated rings. The van der Waals surface area contributed by atoms with Crippen LogP contribution in [0, 0.1) is 5.41 Å². The van der Waals surface area contributed by atoms with E-state index in [9.17, 15) is 9.59 Å². The molecule has 4 aromatic rings. The third-order valence-electron chi connectivity index (χ3n) is 7.81. The second-order valence-electron chi connectivity index (χ2n) is 9.71. The molecule has 0 saturated carbocycles. The lowest BCUT2D eigenvalue weighted by Crippen LogP contribution is -2.45. The highest BCUT2D eigenvalue weighted by atomic mass is 16.1. The number of nitrogens with one attached hydrogen (secondary N) is 2. The lowest BCUT2D eigenvalue weighted by Gasteiger charge is -2.42. The maximum absolute atomic E-state index is 13.1. The highest BCUT2D eigenvalue weighted by molar-refractivity contribution is 5.92. The molecule has 1 atom stereocenters. The number of piperidine rings is 1. The second kappa shape index (κ2) is 7.78. The average Bonchev–Trinajstić information content (AvgIpc) is 3.41. The number of rotatable bonds is 3. The molecule has 2 aliphatic rings. The molecule has 3 aromatic heterocycles. The highest BCUT2D eigenvalue weighted by Gasteiger charge is 2.46. The van der Waals surface area contributed by atoms with Gasteiger partial charge in [-0.3, -0.25) is 19.7 Å². The molecule has 4 N–H and O–H groups in total. The van der Waals surface area contributed by atoms with Crippen molar-refractivity contribution in [2.24, 2.45) is 18.2 Å². The van der Waals surface area contributed by atoms with Gasteiger partial charge in [0.2, 0.25) is 5.95 Å². The normalized spacial score (nSPS) is 18.8. The molecule has 4 heterocycles. The summed E-state index contributed by atoms with van der Waals surface area (Å²) >= 11 is 0. The number of hydrogen-bond donors (Lipinski definition) is 3. The topological polar surface area (TPSA) is 126 Å². The second-order valence-corrected chi connectivity index (χ2v) is 9.71. The van der Waals surface area contributed by atoms with Gasteiger partial charge in [-0.15, -0.1) is 0 Å². The smallest absolute Gasteiger partial charge is 0.264 e. The summed E-state index contributed by atoms with van der Waals surface area (Å²) in [6.45, 7) is 5.55. The molecule has 178 valence electrons. The number of benzene rings is 1. The minimum absolute atomic E-state index is 0.0286. The van der Waals surface area contributed by atoms with E-state index in [0.717, 1.165) is 32.4 Å². The van der Waals surface area contributed by atoms with Crippen molar-refractivity contribution in [3.8, 4) is 0 Å². The molecule has 9 heteroatoms. The lowest BCUT2D eigenvalue weighted by molar-refractivity contribution is 0.187. The Kier molecular flexibility index (Phi) is 4.79. The molecular weight excluding hydrogens is 442 g/mol. The van der Waals surface area contributed by atoms with Crippen molar-refractivity contribution < 1.29 is 0 Å². The molecule has 0 radical (unpaired) electrons. The first-order chi connectivity index (χ1) is 16.9. The molecule has 1 aliphatic carbocycles. The Bertz CT molecular complexity index is 1590. The zero-order valence-corrected chi connectivity index (χ0v) is 19.5. The Hall–Kier alpha value is -3.98. The van der Waals surface area contributed by atoms with Gasteiger partial charge in [0, 0.05) is 43.5 Å². The Labute approximate surface area is 201 Å². The van der Waals surface area contributed by atoms with E-state index in [1.165, 1.54) is 15.7 Å². The fourth-order valence-corrected chi connectivity index (χ4v) is 5.72. The first kappa shape index (κ1) is 21.5. The van der Waals surface area contributed by atoms with Gasteiger partial charge in [-0.1, -0.05) is 30.8 Å². The van der Waals surface area contributed by atoms with Crippen molar-refractivity contribution in [1.82, 2.24) is 24.7 Å². The van der Waals surface area contributed by atoms with Crippen molar-refractivity contribution in [2.75, 3.05) is 18.0 Å². The summed E-state index contributed by atoms with van der Waals surface area (Å²) in [5.41, 5.74) is 10.3. The van der Waals surface area contributed by atoms with Gasteiger partial charge in [0.05, 0.1) is 5.69 Å². The fraction of sp³-hybridized carbons (Fsp3) is 0.308. The molecule has 6 rings (SSSR count). The lowest BCUT2D eigenvalue weighted by atomic mass is 9.73. The Morgan fingerprint density at radius 3 is 2.71 bits per heavy atom. The maximum Gasteiger partial charge on any atom is 0.264 e. The minimum Gasteiger partial charge on any atom is -0.342 e. The average molecular weight is 470 g/mol. The van der Waals surface area contributed by atoms with Crippen LogP contribution >= 0.6 is 0 Å². The summed E-state index contributed by atoms with van der Waals surface area (Å²) in [5, 5.41) is 7.44. The van der Waals surface area contributed by atoms with Crippen LogP contribution in [0.25, 0.3) is 16.6 Å². The van der Waals surface area contributed by atoms with E-state index in [0.29, 0.717) is 33.8 Å². The summed E-state index contributed by atoms with van der Waals surface area (Å²) in [7, 11) is 1.67. The molecule has 1 aliphatic heterocycles. The summed E-state index contributed by atoms with van der Waals surface area (Å²) < 4.78 is 1.47. The molecule has 9 nitrogen and oxygen atoms in total. The minimum atomic E-state index is -0.312. The monoisotopic (exact) mass is 469 g/mol. The third-order valence-corrected chi connectivity index (χ3v) is 7.81. The molecule has 1 saturated heterocycles. The van der Waals surface area contributed by atoms with Crippen LogP contribution in [0.3, 0.4) is 0 Å². The first-order valence-electron chi connectivity index (χ1n) is 11.8. The summed E-state index contributed by atoms with van der Waals surface area (Å²) in [6, 6.07) is 11.9. The van der Waals surface area contributed by atoms with Gasteiger partial charge in [-0.2, -0.15) is 10.1 Å². The summed E-state index contributed by atoms with van der Waals surface area (Å²) in [4.78, 5) is 35.3. The molecule has 1 aromatic carbocycles. The Morgan fingerprint density at radius 2 is 1.94 bits per heavy atom. The van der Waals surface area contributed by atoms with Crippen LogP contribution in [-0.4, -0.2) is 37.8 Å². The van der Waals surface area contributed by atoms with Gasteiger partial charge in [-0.25, -0.2) is 0 Å². The number of H-pyrrole nitrogens is 2.